The van der Waals surface area contributed by atoms with Crippen LogP contribution in [0.5, 0.6) is 0 Å². The van der Waals surface area contributed by atoms with Gasteiger partial charge in [-0.2, -0.15) is 0 Å². The number of benzene rings is 1. The third kappa shape index (κ3) is 3.12. The third-order valence-electron chi connectivity index (χ3n) is 4.45. The molecular formula is C19H20FN3O. The van der Waals surface area contributed by atoms with Crippen molar-refractivity contribution in [3.05, 3.63) is 65.7 Å². The van der Waals surface area contributed by atoms with Crippen LogP contribution in [0.1, 0.15) is 30.1 Å². The van der Waals surface area contributed by atoms with Gasteiger partial charge in [-0.1, -0.05) is 0 Å². The van der Waals surface area contributed by atoms with Crippen molar-refractivity contribution < 1.29 is 8.81 Å². The van der Waals surface area contributed by atoms with Gasteiger partial charge in [-0.25, -0.2) is 9.37 Å². The van der Waals surface area contributed by atoms with Gasteiger partial charge in [0.25, 0.3) is 0 Å². The van der Waals surface area contributed by atoms with Crippen molar-refractivity contribution in [1.29, 1.82) is 0 Å². The number of hydrogen-bond donors (Lipinski definition) is 1. The second-order valence-corrected chi connectivity index (χ2v) is 6.15. The van der Waals surface area contributed by atoms with Gasteiger partial charge in [0.2, 0.25) is 0 Å². The molecule has 0 atom stereocenters. The number of rotatable bonds is 5. The van der Waals surface area contributed by atoms with Crippen LogP contribution in [0.4, 0.5) is 4.39 Å². The summed E-state index contributed by atoms with van der Waals surface area (Å²) in [5.74, 6) is 2.59. The first-order valence-corrected chi connectivity index (χ1v) is 8.38. The molecule has 0 bridgehead atoms. The lowest BCUT2D eigenvalue weighted by Gasteiger charge is -2.16. The molecule has 0 aliphatic carbocycles. The zero-order chi connectivity index (χ0) is 16.4. The lowest BCUT2D eigenvalue weighted by Crippen LogP contribution is -2.18. The fraction of sp³-hybridized carbons (Fsp3) is 0.316. The van der Waals surface area contributed by atoms with Gasteiger partial charge >= 0.3 is 0 Å². The van der Waals surface area contributed by atoms with Crippen molar-refractivity contribution in [2.24, 2.45) is 0 Å². The minimum absolute atomic E-state index is 0.240. The van der Waals surface area contributed by atoms with Crippen LogP contribution in [0.3, 0.4) is 0 Å². The summed E-state index contributed by atoms with van der Waals surface area (Å²) in [5.41, 5.74) is 2.11. The molecule has 0 spiro atoms. The number of furan rings is 1. The largest absolute Gasteiger partial charge is 0.460 e. The molecule has 3 heterocycles. The van der Waals surface area contributed by atoms with Gasteiger partial charge in [0.1, 0.15) is 23.2 Å². The highest BCUT2D eigenvalue weighted by molar-refractivity contribution is 5.57. The Kier molecular flexibility index (Phi) is 4.17. The molecular weight excluding hydrogens is 305 g/mol. The van der Waals surface area contributed by atoms with Crippen LogP contribution in [0.2, 0.25) is 0 Å². The number of nitrogens with one attached hydrogen (secondary N) is 1. The SMILES string of the molecule is Fc1ccc(-c2ccc(CNCc3cnc4n3CCCC4)o2)cc1. The van der Waals surface area contributed by atoms with Crippen molar-refractivity contribution in [3.8, 4) is 11.3 Å². The smallest absolute Gasteiger partial charge is 0.134 e. The van der Waals surface area contributed by atoms with Crippen LogP contribution in [0.15, 0.2) is 47.0 Å². The van der Waals surface area contributed by atoms with Gasteiger partial charge in [-0.05, 0) is 49.2 Å². The highest BCUT2D eigenvalue weighted by Crippen LogP contribution is 2.22. The molecule has 1 aliphatic heterocycles. The molecule has 3 aromatic rings. The maximum absolute atomic E-state index is 13.0. The molecule has 0 saturated heterocycles. The van der Waals surface area contributed by atoms with Crippen molar-refractivity contribution >= 4 is 0 Å². The molecule has 0 saturated carbocycles. The fourth-order valence-corrected chi connectivity index (χ4v) is 3.18. The van der Waals surface area contributed by atoms with E-state index in [1.807, 2.05) is 18.3 Å². The van der Waals surface area contributed by atoms with Gasteiger partial charge in [-0.3, -0.25) is 0 Å². The Morgan fingerprint density at radius 2 is 1.96 bits per heavy atom. The normalized spacial score (nSPS) is 13.9. The number of nitrogens with zero attached hydrogens (tertiary/aromatic N) is 2. The van der Waals surface area contributed by atoms with Gasteiger partial charge in [0, 0.05) is 31.3 Å². The van der Waals surface area contributed by atoms with Gasteiger partial charge in [0.15, 0.2) is 0 Å². The highest BCUT2D eigenvalue weighted by atomic mass is 19.1. The summed E-state index contributed by atoms with van der Waals surface area (Å²) < 4.78 is 21.1. The molecule has 0 fully saturated rings. The molecule has 124 valence electrons. The van der Waals surface area contributed by atoms with Crippen molar-refractivity contribution in [1.82, 2.24) is 14.9 Å². The number of hydrogen-bond acceptors (Lipinski definition) is 3. The van der Waals surface area contributed by atoms with E-state index in [2.05, 4.69) is 14.9 Å². The standard InChI is InChI=1S/C19H20FN3O/c20-15-6-4-14(5-7-15)18-9-8-17(24-18)13-21-11-16-12-22-19-3-1-2-10-23(16)19/h4-9,12,21H,1-3,10-11,13H2. The van der Waals surface area contributed by atoms with E-state index < -0.39 is 0 Å². The number of aryl methyl sites for hydroxylation is 1. The molecule has 4 rings (SSSR count). The first-order valence-electron chi connectivity index (χ1n) is 8.38. The van der Waals surface area contributed by atoms with Gasteiger partial charge in [0.05, 0.1) is 12.2 Å². The van der Waals surface area contributed by atoms with Crippen LogP contribution < -0.4 is 5.32 Å². The van der Waals surface area contributed by atoms with Crippen LogP contribution in [0, 0.1) is 5.82 Å². The Bertz CT molecular complexity index is 820. The summed E-state index contributed by atoms with van der Waals surface area (Å²) in [6.45, 7) is 2.50. The lowest BCUT2D eigenvalue weighted by molar-refractivity contribution is 0.475. The summed E-state index contributed by atoms with van der Waals surface area (Å²) in [4.78, 5) is 4.50. The number of halogens is 1. The van der Waals surface area contributed by atoms with E-state index in [4.69, 9.17) is 4.42 Å². The summed E-state index contributed by atoms with van der Waals surface area (Å²) in [5, 5.41) is 3.41. The second-order valence-electron chi connectivity index (χ2n) is 6.15. The molecule has 5 heteroatoms. The fourth-order valence-electron chi connectivity index (χ4n) is 3.18. The Hall–Kier alpha value is -2.40. The minimum Gasteiger partial charge on any atom is -0.460 e. The molecule has 24 heavy (non-hydrogen) atoms. The molecule has 0 amide bonds. The maximum atomic E-state index is 13.0. The van der Waals surface area contributed by atoms with Gasteiger partial charge < -0.3 is 14.3 Å². The molecule has 1 aromatic carbocycles. The molecule has 4 nitrogen and oxygen atoms in total. The monoisotopic (exact) mass is 325 g/mol. The van der Waals surface area contributed by atoms with Crippen LogP contribution in [0.25, 0.3) is 11.3 Å². The van der Waals surface area contributed by atoms with Crippen molar-refractivity contribution in [2.75, 3.05) is 0 Å². The van der Waals surface area contributed by atoms with E-state index in [0.717, 1.165) is 36.6 Å². The highest BCUT2D eigenvalue weighted by Gasteiger charge is 2.13. The second kappa shape index (κ2) is 6.61. The Morgan fingerprint density at radius 1 is 1.08 bits per heavy atom. The van der Waals surface area contributed by atoms with E-state index >= 15 is 0 Å². The van der Waals surface area contributed by atoms with Gasteiger partial charge in [-0.15, -0.1) is 0 Å². The average molecular weight is 325 g/mol. The lowest BCUT2D eigenvalue weighted by atomic mass is 10.1. The molecule has 0 radical (unpaired) electrons. The minimum atomic E-state index is -0.240. The van der Waals surface area contributed by atoms with Crippen LogP contribution in [-0.2, 0) is 26.1 Å². The van der Waals surface area contributed by atoms with E-state index in [9.17, 15) is 4.39 Å². The summed E-state index contributed by atoms with van der Waals surface area (Å²) in [7, 11) is 0. The quantitative estimate of drug-likeness (QED) is 0.773. The first kappa shape index (κ1) is 15.1. The summed E-state index contributed by atoms with van der Waals surface area (Å²) >= 11 is 0. The summed E-state index contributed by atoms with van der Waals surface area (Å²) in [6.07, 6.45) is 5.52. The zero-order valence-corrected chi connectivity index (χ0v) is 13.5. The number of fused-ring (bicyclic) bond motifs is 1. The van der Waals surface area contributed by atoms with E-state index in [0.29, 0.717) is 6.54 Å². The van der Waals surface area contributed by atoms with E-state index in [1.165, 1.54) is 36.5 Å². The Morgan fingerprint density at radius 3 is 2.83 bits per heavy atom. The van der Waals surface area contributed by atoms with E-state index in [1.54, 1.807) is 12.1 Å². The molecule has 0 unspecified atom stereocenters. The van der Waals surface area contributed by atoms with Crippen LogP contribution in [-0.4, -0.2) is 9.55 Å². The Balaban J connectivity index is 1.37. The predicted octanol–water partition coefficient (Wildman–Crippen LogP) is 3.91. The Labute approximate surface area is 140 Å². The van der Waals surface area contributed by atoms with E-state index in [-0.39, 0.29) is 5.82 Å². The number of aromatic nitrogens is 2. The topological polar surface area (TPSA) is 43.0 Å². The maximum Gasteiger partial charge on any atom is 0.134 e. The zero-order valence-electron chi connectivity index (χ0n) is 13.5. The van der Waals surface area contributed by atoms with Crippen LogP contribution >= 0.6 is 0 Å². The molecule has 1 aliphatic rings. The average Bonchev–Trinajstić information content (AvgIpc) is 3.23. The third-order valence-corrected chi connectivity index (χ3v) is 4.45. The number of imidazole rings is 1. The molecule has 1 N–H and O–H groups in total. The first-order chi connectivity index (χ1) is 11.8. The van der Waals surface area contributed by atoms with Crippen molar-refractivity contribution in [3.63, 3.8) is 0 Å². The van der Waals surface area contributed by atoms with Crippen molar-refractivity contribution in [2.45, 2.75) is 38.9 Å². The predicted molar refractivity (Wildman–Crippen MR) is 89.8 cm³/mol. The molecule has 2 aromatic heterocycles. The summed E-state index contributed by atoms with van der Waals surface area (Å²) in [6, 6.07) is 10.2.